The van der Waals surface area contributed by atoms with Crippen LogP contribution < -0.4 is 9.64 Å². The van der Waals surface area contributed by atoms with Crippen molar-refractivity contribution in [2.24, 2.45) is 0 Å². The van der Waals surface area contributed by atoms with Gasteiger partial charge in [-0.05, 0) is 31.2 Å². The molecule has 1 saturated heterocycles. The van der Waals surface area contributed by atoms with Crippen molar-refractivity contribution in [3.8, 4) is 5.75 Å². The van der Waals surface area contributed by atoms with E-state index in [4.69, 9.17) is 16.3 Å². The topological polar surface area (TPSA) is 38.2 Å². The summed E-state index contributed by atoms with van der Waals surface area (Å²) in [5.74, 6) is 1.99. The molecule has 0 bridgehead atoms. The number of aryl methyl sites for hydroxylation is 1. The van der Waals surface area contributed by atoms with E-state index in [-0.39, 0.29) is 11.9 Å². The van der Waals surface area contributed by atoms with E-state index in [9.17, 15) is 4.39 Å². The third-order valence-corrected chi connectivity index (χ3v) is 3.87. The van der Waals surface area contributed by atoms with E-state index in [1.54, 1.807) is 18.2 Å². The molecule has 1 aromatic heterocycles. The summed E-state index contributed by atoms with van der Waals surface area (Å²) in [6.07, 6.45) is 1.91. The third kappa shape index (κ3) is 3.65. The van der Waals surface area contributed by atoms with Crippen molar-refractivity contribution in [1.29, 1.82) is 0 Å². The lowest BCUT2D eigenvalue weighted by molar-refractivity contribution is 0.170. The van der Waals surface area contributed by atoms with Gasteiger partial charge in [-0.1, -0.05) is 11.6 Å². The monoisotopic (exact) mass is 321 g/mol. The normalized spacial score (nSPS) is 15.9. The van der Waals surface area contributed by atoms with E-state index in [1.807, 2.05) is 6.92 Å². The summed E-state index contributed by atoms with van der Waals surface area (Å²) in [6.45, 7) is 3.52. The number of nitrogens with zero attached hydrogens (tertiary/aromatic N) is 3. The van der Waals surface area contributed by atoms with Gasteiger partial charge in [-0.25, -0.2) is 14.4 Å². The highest BCUT2D eigenvalue weighted by Crippen LogP contribution is 2.23. The smallest absolute Gasteiger partial charge is 0.134 e. The molecule has 3 rings (SSSR count). The van der Waals surface area contributed by atoms with Crippen molar-refractivity contribution in [3.63, 3.8) is 0 Å². The zero-order valence-electron chi connectivity index (χ0n) is 12.3. The standard InChI is InChI=1S/C16H17ClFN3O/c1-11-19-15(17)10-16(20-11)21-8-6-14(7-9-21)22-13-4-2-12(18)3-5-13/h2-5,10,14H,6-9H2,1H3. The molecule has 0 saturated carbocycles. The van der Waals surface area contributed by atoms with Gasteiger partial charge in [-0.2, -0.15) is 0 Å². The molecule has 1 fully saturated rings. The van der Waals surface area contributed by atoms with Gasteiger partial charge < -0.3 is 9.64 Å². The van der Waals surface area contributed by atoms with Crippen LogP contribution in [0.25, 0.3) is 0 Å². The van der Waals surface area contributed by atoms with Gasteiger partial charge in [-0.15, -0.1) is 0 Å². The Hall–Kier alpha value is -1.88. The Morgan fingerprint density at radius 2 is 1.86 bits per heavy atom. The van der Waals surface area contributed by atoms with Crippen LogP contribution in [0.1, 0.15) is 18.7 Å². The zero-order valence-corrected chi connectivity index (χ0v) is 13.1. The van der Waals surface area contributed by atoms with Crippen molar-refractivity contribution < 1.29 is 9.13 Å². The van der Waals surface area contributed by atoms with Gasteiger partial charge in [0.1, 0.15) is 34.5 Å². The second kappa shape index (κ2) is 6.48. The van der Waals surface area contributed by atoms with Crippen LogP contribution in [0.4, 0.5) is 10.2 Å². The lowest BCUT2D eigenvalue weighted by atomic mass is 10.1. The summed E-state index contributed by atoms with van der Waals surface area (Å²) in [5, 5.41) is 0.465. The number of aromatic nitrogens is 2. The Morgan fingerprint density at radius 3 is 2.50 bits per heavy atom. The van der Waals surface area contributed by atoms with E-state index in [0.29, 0.717) is 16.7 Å². The summed E-state index contributed by atoms with van der Waals surface area (Å²) < 4.78 is 18.8. The van der Waals surface area contributed by atoms with Crippen LogP contribution >= 0.6 is 11.6 Å². The number of halogens is 2. The van der Waals surface area contributed by atoms with E-state index in [2.05, 4.69) is 14.9 Å². The molecule has 0 amide bonds. The van der Waals surface area contributed by atoms with Gasteiger partial charge in [0.2, 0.25) is 0 Å². The Bertz CT molecular complexity index is 622. The van der Waals surface area contributed by atoms with Crippen LogP contribution in [-0.2, 0) is 0 Å². The summed E-state index contributed by atoms with van der Waals surface area (Å²) in [5.41, 5.74) is 0. The molecule has 0 spiro atoms. The number of ether oxygens (including phenoxy) is 1. The maximum atomic E-state index is 12.9. The first-order chi connectivity index (χ1) is 10.6. The molecule has 116 valence electrons. The third-order valence-electron chi connectivity index (χ3n) is 3.68. The van der Waals surface area contributed by atoms with E-state index in [0.717, 1.165) is 31.7 Å². The van der Waals surface area contributed by atoms with Gasteiger partial charge in [0.25, 0.3) is 0 Å². The molecule has 1 aliphatic heterocycles. The highest BCUT2D eigenvalue weighted by Gasteiger charge is 2.22. The maximum Gasteiger partial charge on any atom is 0.134 e. The average Bonchev–Trinajstić information content (AvgIpc) is 2.49. The molecule has 1 aromatic carbocycles. The van der Waals surface area contributed by atoms with Crippen molar-refractivity contribution in [1.82, 2.24) is 9.97 Å². The maximum absolute atomic E-state index is 12.9. The van der Waals surface area contributed by atoms with E-state index in [1.165, 1.54) is 12.1 Å². The van der Waals surface area contributed by atoms with Crippen molar-refractivity contribution >= 4 is 17.4 Å². The molecule has 22 heavy (non-hydrogen) atoms. The fourth-order valence-electron chi connectivity index (χ4n) is 2.59. The minimum atomic E-state index is -0.252. The number of piperidine rings is 1. The van der Waals surface area contributed by atoms with Crippen molar-refractivity contribution in [2.45, 2.75) is 25.9 Å². The number of anilines is 1. The van der Waals surface area contributed by atoms with Crippen LogP contribution in [0.3, 0.4) is 0 Å². The molecule has 0 atom stereocenters. The minimum absolute atomic E-state index is 0.139. The van der Waals surface area contributed by atoms with Gasteiger partial charge in [0.05, 0.1) is 0 Å². The zero-order chi connectivity index (χ0) is 15.5. The fourth-order valence-corrected chi connectivity index (χ4v) is 2.81. The Morgan fingerprint density at radius 1 is 1.18 bits per heavy atom. The molecule has 4 nitrogen and oxygen atoms in total. The molecule has 0 aliphatic carbocycles. The second-order valence-corrected chi connectivity index (χ2v) is 5.74. The van der Waals surface area contributed by atoms with E-state index >= 15 is 0 Å². The van der Waals surface area contributed by atoms with Crippen molar-refractivity contribution in [3.05, 3.63) is 47.1 Å². The molecule has 2 heterocycles. The van der Waals surface area contributed by atoms with Crippen LogP contribution in [0.15, 0.2) is 30.3 Å². The molecular formula is C16H17ClFN3O. The molecule has 0 unspecified atom stereocenters. The molecule has 2 aromatic rings. The number of hydrogen-bond acceptors (Lipinski definition) is 4. The number of rotatable bonds is 3. The fraction of sp³-hybridized carbons (Fsp3) is 0.375. The molecular weight excluding hydrogens is 305 g/mol. The highest BCUT2D eigenvalue weighted by atomic mass is 35.5. The lowest BCUT2D eigenvalue weighted by Gasteiger charge is -2.33. The number of benzene rings is 1. The summed E-state index contributed by atoms with van der Waals surface area (Å²) in [4.78, 5) is 10.7. The summed E-state index contributed by atoms with van der Waals surface area (Å²) in [6, 6.07) is 7.94. The van der Waals surface area contributed by atoms with Gasteiger partial charge in [0, 0.05) is 32.0 Å². The highest BCUT2D eigenvalue weighted by molar-refractivity contribution is 6.29. The van der Waals surface area contributed by atoms with Gasteiger partial charge in [0.15, 0.2) is 0 Å². The quantitative estimate of drug-likeness (QED) is 0.809. The Balaban J connectivity index is 1.59. The predicted molar refractivity (Wildman–Crippen MR) is 84.0 cm³/mol. The Kier molecular flexibility index (Phi) is 4.43. The number of hydrogen-bond donors (Lipinski definition) is 0. The SMILES string of the molecule is Cc1nc(Cl)cc(N2CCC(Oc3ccc(F)cc3)CC2)n1. The molecule has 1 aliphatic rings. The molecule has 0 radical (unpaired) electrons. The summed E-state index contributed by atoms with van der Waals surface area (Å²) >= 11 is 5.99. The molecule has 0 N–H and O–H groups in total. The first kappa shape index (κ1) is 15.0. The average molecular weight is 322 g/mol. The first-order valence-electron chi connectivity index (χ1n) is 7.28. The van der Waals surface area contributed by atoms with Crippen LogP contribution in [-0.4, -0.2) is 29.2 Å². The minimum Gasteiger partial charge on any atom is -0.490 e. The largest absolute Gasteiger partial charge is 0.490 e. The first-order valence-corrected chi connectivity index (χ1v) is 7.66. The van der Waals surface area contributed by atoms with Crippen LogP contribution in [0.5, 0.6) is 5.75 Å². The predicted octanol–water partition coefficient (Wildman–Crippen LogP) is 3.63. The van der Waals surface area contributed by atoms with Crippen LogP contribution in [0.2, 0.25) is 5.15 Å². The van der Waals surface area contributed by atoms with Crippen molar-refractivity contribution in [2.75, 3.05) is 18.0 Å². The second-order valence-electron chi connectivity index (χ2n) is 5.35. The van der Waals surface area contributed by atoms with Gasteiger partial charge in [-0.3, -0.25) is 0 Å². The lowest BCUT2D eigenvalue weighted by Crippen LogP contribution is -2.38. The molecule has 6 heteroatoms. The van der Waals surface area contributed by atoms with Crippen LogP contribution in [0, 0.1) is 12.7 Å². The Labute approximate surface area is 133 Å². The summed E-state index contributed by atoms with van der Waals surface area (Å²) in [7, 11) is 0. The van der Waals surface area contributed by atoms with E-state index < -0.39 is 0 Å². The van der Waals surface area contributed by atoms with Gasteiger partial charge >= 0.3 is 0 Å².